The predicted octanol–water partition coefficient (Wildman–Crippen LogP) is 2.73. The summed E-state index contributed by atoms with van der Waals surface area (Å²) in [6, 6.07) is 11.1. The van der Waals surface area contributed by atoms with Crippen molar-refractivity contribution in [3.8, 4) is 0 Å². The van der Waals surface area contributed by atoms with Gasteiger partial charge in [0.05, 0.1) is 6.10 Å². The maximum atomic E-state index is 5.53. The van der Waals surface area contributed by atoms with E-state index in [1.807, 2.05) is 7.11 Å². The van der Waals surface area contributed by atoms with Crippen molar-refractivity contribution in [2.45, 2.75) is 44.4 Å². The lowest BCUT2D eigenvalue weighted by molar-refractivity contribution is 0.0413. The van der Waals surface area contributed by atoms with Crippen LogP contribution in [0.2, 0.25) is 0 Å². The molecule has 0 aliphatic heterocycles. The van der Waals surface area contributed by atoms with Crippen LogP contribution in [0.3, 0.4) is 0 Å². The van der Waals surface area contributed by atoms with Gasteiger partial charge in [-0.3, -0.25) is 0 Å². The van der Waals surface area contributed by atoms with Gasteiger partial charge in [-0.05, 0) is 18.4 Å². The normalized spacial score (nSPS) is 25.6. The lowest BCUT2D eigenvalue weighted by atomic mass is 9.92. The van der Waals surface area contributed by atoms with Crippen molar-refractivity contribution >= 4 is 0 Å². The molecular weight excluding hydrogens is 198 g/mol. The Hall–Kier alpha value is -0.860. The Morgan fingerprint density at radius 1 is 1.19 bits per heavy atom. The Labute approximate surface area is 98.0 Å². The molecular formula is C14H21NO. The van der Waals surface area contributed by atoms with Crippen LogP contribution in [-0.2, 0) is 11.3 Å². The Kier molecular flexibility index (Phi) is 4.37. The largest absolute Gasteiger partial charge is 0.380 e. The summed E-state index contributed by atoms with van der Waals surface area (Å²) in [4.78, 5) is 0. The number of rotatable bonds is 4. The van der Waals surface area contributed by atoms with E-state index in [0.717, 1.165) is 6.54 Å². The highest BCUT2D eigenvalue weighted by Crippen LogP contribution is 2.21. The van der Waals surface area contributed by atoms with Crippen LogP contribution in [0, 0.1) is 0 Å². The van der Waals surface area contributed by atoms with Gasteiger partial charge in [-0.2, -0.15) is 0 Å². The first-order valence-corrected chi connectivity index (χ1v) is 6.20. The smallest absolute Gasteiger partial charge is 0.0724 e. The van der Waals surface area contributed by atoms with Gasteiger partial charge in [0.1, 0.15) is 0 Å². The minimum absolute atomic E-state index is 0.400. The van der Waals surface area contributed by atoms with Crippen molar-refractivity contribution in [3.63, 3.8) is 0 Å². The molecule has 16 heavy (non-hydrogen) atoms. The van der Waals surface area contributed by atoms with Gasteiger partial charge in [-0.25, -0.2) is 0 Å². The second-order valence-electron chi connectivity index (χ2n) is 4.53. The quantitative estimate of drug-likeness (QED) is 0.840. The summed E-state index contributed by atoms with van der Waals surface area (Å²) >= 11 is 0. The fraction of sp³-hybridized carbons (Fsp3) is 0.571. The molecule has 0 aromatic heterocycles. The van der Waals surface area contributed by atoms with Crippen molar-refractivity contribution in [1.29, 1.82) is 0 Å². The lowest BCUT2D eigenvalue weighted by Gasteiger charge is -2.31. The van der Waals surface area contributed by atoms with Crippen LogP contribution in [0.1, 0.15) is 31.2 Å². The van der Waals surface area contributed by atoms with Crippen LogP contribution in [0.5, 0.6) is 0 Å². The minimum atomic E-state index is 0.400. The third-order valence-corrected chi connectivity index (χ3v) is 3.42. The second-order valence-corrected chi connectivity index (χ2v) is 4.53. The number of hydrogen-bond acceptors (Lipinski definition) is 2. The molecule has 0 spiro atoms. The van der Waals surface area contributed by atoms with E-state index in [-0.39, 0.29) is 0 Å². The molecule has 1 aromatic carbocycles. The highest BCUT2D eigenvalue weighted by Gasteiger charge is 2.23. The first kappa shape index (κ1) is 11.6. The third-order valence-electron chi connectivity index (χ3n) is 3.42. The molecule has 2 heteroatoms. The van der Waals surface area contributed by atoms with Gasteiger partial charge in [0, 0.05) is 19.7 Å². The molecule has 2 nitrogen and oxygen atoms in total. The number of nitrogens with one attached hydrogen (secondary N) is 1. The molecule has 1 aromatic rings. The summed E-state index contributed by atoms with van der Waals surface area (Å²) in [6.07, 6.45) is 5.47. The van der Waals surface area contributed by atoms with Crippen molar-refractivity contribution in [2.24, 2.45) is 0 Å². The molecule has 88 valence electrons. The maximum absolute atomic E-state index is 5.53. The highest BCUT2D eigenvalue weighted by atomic mass is 16.5. The van der Waals surface area contributed by atoms with E-state index in [1.54, 1.807) is 0 Å². The number of ether oxygens (including phenoxy) is 1. The topological polar surface area (TPSA) is 21.3 Å². The zero-order chi connectivity index (χ0) is 11.2. The number of benzene rings is 1. The van der Waals surface area contributed by atoms with Crippen LogP contribution >= 0.6 is 0 Å². The summed E-state index contributed by atoms with van der Waals surface area (Å²) in [5.74, 6) is 0. The predicted molar refractivity (Wildman–Crippen MR) is 66.3 cm³/mol. The lowest BCUT2D eigenvalue weighted by Crippen LogP contribution is -2.42. The first-order chi connectivity index (χ1) is 7.90. The molecule has 1 N–H and O–H groups in total. The molecule has 0 unspecified atom stereocenters. The molecule has 0 amide bonds. The average Bonchev–Trinajstić information content (AvgIpc) is 2.38. The number of hydrogen-bond donors (Lipinski definition) is 1. The fourth-order valence-corrected chi connectivity index (χ4v) is 2.46. The first-order valence-electron chi connectivity index (χ1n) is 6.20. The van der Waals surface area contributed by atoms with Crippen LogP contribution < -0.4 is 5.32 Å². The molecule has 1 aliphatic rings. The van der Waals surface area contributed by atoms with Crippen molar-refractivity contribution in [1.82, 2.24) is 5.32 Å². The van der Waals surface area contributed by atoms with Gasteiger partial charge in [0.2, 0.25) is 0 Å². The van der Waals surface area contributed by atoms with E-state index in [1.165, 1.54) is 31.2 Å². The molecule has 2 atom stereocenters. The molecule has 1 saturated carbocycles. The minimum Gasteiger partial charge on any atom is -0.380 e. The monoisotopic (exact) mass is 219 g/mol. The summed E-state index contributed by atoms with van der Waals surface area (Å²) in [5, 5.41) is 3.61. The van der Waals surface area contributed by atoms with Gasteiger partial charge in [-0.15, -0.1) is 0 Å². The maximum Gasteiger partial charge on any atom is 0.0724 e. The van der Waals surface area contributed by atoms with Crippen LogP contribution in [0.15, 0.2) is 30.3 Å². The van der Waals surface area contributed by atoms with E-state index in [9.17, 15) is 0 Å². The molecule has 0 saturated heterocycles. The Bertz CT molecular complexity index is 299. The molecule has 0 heterocycles. The van der Waals surface area contributed by atoms with Crippen molar-refractivity contribution in [2.75, 3.05) is 7.11 Å². The van der Waals surface area contributed by atoms with Gasteiger partial charge in [0.25, 0.3) is 0 Å². The van der Waals surface area contributed by atoms with Crippen LogP contribution in [0.25, 0.3) is 0 Å². The Morgan fingerprint density at radius 3 is 2.69 bits per heavy atom. The Balaban J connectivity index is 1.84. The van der Waals surface area contributed by atoms with E-state index in [0.29, 0.717) is 12.1 Å². The standard InChI is InChI=1S/C14H21NO/c1-16-14-10-6-5-9-13(14)15-11-12-7-3-2-4-8-12/h2-4,7-8,13-15H,5-6,9-11H2,1H3/t13-,14-/m0/s1. The molecule has 0 bridgehead atoms. The third kappa shape index (κ3) is 3.06. The average molecular weight is 219 g/mol. The van der Waals surface area contributed by atoms with Gasteiger partial charge >= 0.3 is 0 Å². The Morgan fingerprint density at radius 2 is 1.94 bits per heavy atom. The summed E-state index contributed by atoms with van der Waals surface area (Å²) < 4.78 is 5.53. The molecule has 2 rings (SSSR count). The van der Waals surface area contributed by atoms with Crippen LogP contribution in [0.4, 0.5) is 0 Å². The zero-order valence-electron chi connectivity index (χ0n) is 9.99. The van der Waals surface area contributed by atoms with E-state index < -0.39 is 0 Å². The molecule has 1 fully saturated rings. The van der Waals surface area contributed by atoms with Gasteiger partial charge in [-0.1, -0.05) is 43.2 Å². The van der Waals surface area contributed by atoms with Gasteiger partial charge in [0.15, 0.2) is 0 Å². The highest BCUT2D eigenvalue weighted by molar-refractivity contribution is 5.14. The van der Waals surface area contributed by atoms with Crippen molar-refractivity contribution in [3.05, 3.63) is 35.9 Å². The van der Waals surface area contributed by atoms with E-state index in [2.05, 4.69) is 35.6 Å². The SMILES string of the molecule is CO[C@H]1CCCC[C@@H]1NCc1ccccc1. The summed E-state index contributed by atoms with van der Waals surface area (Å²) in [5.41, 5.74) is 1.35. The molecule has 0 radical (unpaired) electrons. The number of methoxy groups -OCH3 is 1. The summed E-state index contributed by atoms with van der Waals surface area (Å²) in [7, 11) is 1.83. The van der Waals surface area contributed by atoms with E-state index in [4.69, 9.17) is 4.74 Å². The molecule has 1 aliphatic carbocycles. The van der Waals surface area contributed by atoms with Crippen molar-refractivity contribution < 1.29 is 4.74 Å². The second kappa shape index (κ2) is 6.02. The van der Waals surface area contributed by atoms with E-state index >= 15 is 0 Å². The zero-order valence-corrected chi connectivity index (χ0v) is 9.99. The van der Waals surface area contributed by atoms with Gasteiger partial charge < -0.3 is 10.1 Å². The fourth-order valence-electron chi connectivity index (χ4n) is 2.46. The summed E-state index contributed by atoms with van der Waals surface area (Å²) in [6.45, 7) is 0.950. The van der Waals surface area contributed by atoms with Crippen LogP contribution in [-0.4, -0.2) is 19.3 Å².